The van der Waals surface area contributed by atoms with Gasteiger partial charge in [-0.05, 0) is 32.0 Å². The molecule has 0 radical (unpaired) electrons. The highest BCUT2D eigenvalue weighted by molar-refractivity contribution is 5.34. The molecule has 1 aromatic carbocycles. The Hall–Kier alpha value is -1.81. The van der Waals surface area contributed by atoms with Crippen molar-refractivity contribution in [3.05, 3.63) is 51.9 Å². The average molecular weight is 217 g/mol. The van der Waals surface area contributed by atoms with E-state index in [1.807, 2.05) is 37.3 Å². The summed E-state index contributed by atoms with van der Waals surface area (Å²) in [5, 5.41) is 2.82. The lowest BCUT2D eigenvalue weighted by Gasteiger charge is -2.05. The quantitative estimate of drug-likeness (QED) is 0.804. The molecule has 0 aliphatic carbocycles. The number of nitrogens with two attached hydrogens (primary N) is 1. The maximum atomic E-state index is 11.7. The van der Waals surface area contributed by atoms with Crippen LogP contribution in [0.3, 0.4) is 0 Å². The van der Waals surface area contributed by atoms with Gasteiger partial charge in [0, 0.05) is 11.3 Å². The van der Waals surface area contributed by atoms with Gasteiger partial charge in [-0.25, -0.2) is 0 Å². The van der Waals surface area contributed by atoms with Crippen molar-refractivity contribution in [3.8, 4) is 5.69 Å². The fraction of sp³-hybridized carbons (Fsp3) is 0.250. The molecule has 1 heterocycles. The highest BCUT2D eigenvalue weighted by Gasteiger charge is 2.10. The molecule has 1 aromatic heterocycles. The number of rotatable bonds is 3. The molecule has 0 fully saturated rings. The molecule has 0 saturated heterocycles. The fourth-order valence-electron chi connectivity index (χ4n) is 1.83. The molecule has 2 rings (SSSR count). The van der Waals surface area contributed by atoms with E-state index in [0.29, 0.717) is 13.0 Å². The molecule has 4 nitrogen and oxygen atoms in total. The Morgan fingerprint density at radius 3 is 2.62 bits per heavy atom. The first-order valence-electron chi connectivity index (χ1n) is 5.30. The third-order valence-corrected chi connectivity index (χ3v) is 2.67. The van der Waals surface area contributed by atoms with Gasteiger partial charge in [-0.1, -0.05) is 18.2 Å². The average Bonchev–Trinajstić information content (AvgIpc) is 2.59. The number of nitrogens with zero attached hydrogens (tertiary/aromatic N) is 1. The predicted molar refractivity (Wildman–Crippen MR) is 63.9 cm³/mol. The summed E-state index contributed by atoms with van der Waals surface area (Å²) in [4.78, 5) is 11.7. The normalized spacial score (nSPS) is 10.6. The highest BCUT2D eigenvalue weighted by atomic mass is 16.1. The SMILES string of the molecule is Cc1c(CCN)c(=O)[nH]n1-c1ccccc1. The summed E-state index contributed by atoms with van der Waals surface area (Å²) < 4.78 is 1.80. The van der Waals surface area contributed by atoms with Crippen LogP contribution < -0.4 is 11.3 Å². The summed E-state index contributed by atoms with van der Waals surface area (Å²) in [6.07, 6.45) is 0.612. The minimum Gasteiger partial charge on any atom is -0.330 e. The Kier molecular flexibility index (Phi) is 2.92. The summed E-state index contributed by atoms with van der Waals surface area (Å²) in [5.41, 5.74) is 8.10. The standard InChI is InChI=1S/C12H15N3O/c1-9-11(7-8-13)12(16)14-15(9)10-5-3-2-4-6-10/h2-6H,7-8,13H2,1H3,(H,14,16). The third-order valence-electron chi connectivity index (χ3n) is 2.67. The fourth-order valence-corrected chi connectivity index (χ4v) is 1.83. The Balaban J connectivity index is 2.52. The Labute approximate surface area is 93.7 Å². The number of hydrogen-bond donors (Lipinski definition) is 2. The summed E-state index contributed by atoms with van der Waals surface area (Å²) in [6.45, 7) is 2.42. The van der Waals surface area contributed by atoms with Crippen LogP contribution in [-0.4, -0.2) is 16.3 Å². The number of benzene rings is 1. The lowest BCUT2D eigenvalue weighted by Crippen LogP contribution is -2.12. The van der Waals surface area contributed by atoms with E-state index in [-0.39, 0.29) is 5.56 Å². The maximum absolute atomic E-state index is 11.7. The van der Waals surface area contributed by atoms with Crippen LogP contribution in [0.4, 0.5) is 0 Å². The summed E-state index contributed by atoms with van der Waals surface area (Å²) in [7, 11) is 0. The largest absolute Gasteiger partial charge is 0.330 e. The van der Waals surface area contributed by atoms with E-state index in [4.69, 9.17) is 5.73 Å². The molecule has 0 spiro atoms. The molecule has 0 saturated carbocycles. The van der Waals surface area contributed by atoms with Gasteiger partial charge in [0.2, 0.25) is 0 Å². The number of nitrogens with one attached hydrogen (secondary N) is 1. The van der Waals surface area contributed by atoms with Crippen LogP contribution in [-0.2, 0) is 6.42 Å². The van der Waals surface area contributed by atoms with Crippen molar-refractivity contribution in [1.82, 2.24) is 9.78 Å². The lowest BCUT2D eigenvalue weighted by atomic mass is 10.2. The van der Waals surface area contributed by atoms with E-state index in [1.54, 1.807) is 4.68 Å². The number of H-pyrrole nitrogens is 1. The topological polar surface area (TPSA) is 63.8 Å². The molecule has 0 unspecified atom stereocenters. The lowest BCUT2D eigenvalue weighted by molar-refractivity contribution is 0.832. The van der Waals surface area contributed by atoms with Gasteiger partial charge in [0.05, 0.1) is 5.69 Å². The number of aromatic nitrogens is 2. The van der Waals surface area contributed by atoms with E-state index in [1.165, 1.54) is 0 Å². The van der Waals surface area contributed by atoms with Crippen LogP contribution in [0.25, 0.3) is 5.69 Å². The smallest absolute Gasteiger partial charge is 0.267 e. The molecular weight excluding hydrogens is 202 g/mol. The predicted octanol–water partition coefficient (Wildman–Crippen LogP) is 0.975. The zero-order chi connectivity index (χ0) is 11.5. The van der Waals surface area contributed by atoms with Gasteiger partial charge in [-0.2, -0.15) is 0 Å². The van der Waals surface area contributed by atoms with E-state index in [2.05, 4.69) is 5.10 Å². The first-order valence-corrected chi connectivity index (χ1v) is 5.30. The van der Waals surface area contributed by atoms with Crippen molar-refractivity contribution in [3.63, 3.8) is 0 Å². The van der Waals surface area contributed by atoms with Crippen LogP contribution >= 0.6 is 0 Å². The second-order valence-electron chi connectivity index (χ2n) is 3.71. The molecule has 84 valence electrons. The molecule has 0 aliphatic heterocycles. The minimum atomic E-state index is -0.0493. The van der Waals surface area contributed by atoms with Gasteiger partial charge in [0.25, 0.3) is 5.56 Å². The van der Waals surface area contributed by atoms with Crippen molar-refractivity contribution >= 4 is 0 Å². The Bertz CT molecular complexity index is 525. The molecule has 16 heavy (non-hydrogen) atoms. The molecule has 4 heteroatoms. The van der Waals surface area contributed by atoms with E-state index >= 15 is 0 Å². The highest BCUT2D eigenvalue weighted by Crippen LogP contribution is 2.10. The van der Waals surface area contributed by atoms with Gasteiger partial charge in [0.1, 0.15) is 0 Å². The minimum absolute atomic E-state index is 0.0493. The van der Waals surface area contributed by atoms with Gasteiger partial charge in [-0.15, -0.1) is 0 Å². The van der Waals surface area contributed by atoms with E-state index in [9.17, 15) is 4.79 Å². The zero-order valence-electron chi connectivity index (χ0n) is 9.23. The van der Waals surface area contributed by atoms with Gasteiger partial charge >= 0.3 is 0 Å². The summed E-state index contributed by atoms with van der Waals surface area (Å²) in [6, 6.07) is 9.73. The summed E-state index contributed by atoms with van der Waals surface area (Å²) in [5.74, 6) is 0. The molecule has 0 aliphatic rings. The van der Waals surface area contributed by atoms with Gasteiger partial charge in [-0.3, -0.25) is 14.6 Å². The number of para-hydroxylation sites is 1. The van der Waals surface area contributed by atoms with Crippen molar-refractivity contribution in [2.24, 2.45) is 5.73 Å². The number of hydrogen-bond acceptors (Lipinski definition) is 2. The van der Waals surface area contributed by atoms with Crippen LogP contribution in [0.5, 0.6) is 0 Å². The van der Waals surface area contributed by atoms with Gasteiger partial charge in [0.15, 0.2) is 0 Å². The van der Waals surface area contributed by atoms with E-state index in [0.717, 1.165) is 16.9 Å². The van der Waals surface area contributed by atoms with Crippen molar-refractivity contribution in [2.45, 2.75) is 13.3 Å². The first kappa shape index (κ1) is 10.7. The summed E-state index contributed by atoms with van der Waals surface area (Å²) >= 11 is 0. The Morgan fingerprint density at radius 2 is 2.00 bits per heavy atom. The van der Waals surface area contributed by atoms with Crippen LogP contribution in [0.2, 0.25) is 0 Å². The molecular formula is C12H15N3O. The number of aromatic amines is 1. The van der Waals surface area contributed by atoms with E-state index < -0.39 is 0 Å². The van der Waals surface area contributed by atoms with Crippen LogP contribution in [0.1, 0.15) is 11.3 Å². The van der Waals surface area contributed by atoms with Crippen molar-refractivity contribution in [1.29, 1.82) is 0 Å². The molecule has 3 N–H and O–H groups in total. The first-order chi connectivity index (χ1) is 7.74. The molecule has 0 atom stereocenters. The molecule has 0 amide bonds. The van der Waals surface area contributed by atoms with Gasteiger partial charge < -0.3 is 5.73 Å². The molecule has 2 aromatic rings. The zero-order valence-corrected chi connectivity index (χ0v) is 9.23. The maximum Gasteiger partial charge on any atom is 0.267 e. The second kappa shape index (κ2) is 4.37. The van der Waals surface area contributed by atoms with Crippen LogP contribution in [0.15, 0.2) is 35.1 Å². The van der Waals surface area contributed by atoms with Crippen molar-refractivity contribution in [2.75, 3.05) is 6.54 Å². The monoisotopic (exact) mass is 217 g/mol. The Morgan fingerprint density at radius 1 is 1.31 bits per heavy atom. The van der Waals surface area contributed by atoms with Crippen LogP contribution in [0, 0.1) is 6.92 Å². The second-order valence-corrected chi connectivity index (χ2v) is 3.71. The van der Waals surface area contributed by atoms with Crippen molar-refractivity contribution < 1.29 is 0 Å². The molecule has 0 bridgehead atoms. The third kappa shape index (κ3) is 1.79.